The molecule has 7 nitrogen and oxygen atoms in total. The molecule has 3 N–H and O–H groups in total. The van der Waals surface area contributed by atoms with Crippen LogP contribution >= 0.6 is 15.9 Å². The number of carbonyl (C=O) groups is 1. The molecule has 3 aromatic carbocycles. The second-order valence-corrected chi connectivity index (χ2v) is 7.53. The number of fused-ring (bicyclic) bond motifs is 1. The minimum Gasteiger partial charge on any atom is -0.497 e. The lowest BCUT2D eigenvalue weighted by molar-refractivity contribution is 0.262. The normalized spacial score (nSPS) is 10.7. The average molecular weight is 485 g/mol. The van der Waals surface area contributed by atoms with Gasteiger partial charge in [-0.15, -0.1) is 0 Å². The van der Waals surface area contributed by atoms with E-state index in [2.05, 4.69) is 36.8 Å². The number of hydrogen-bond donors (Lipinski definition) is 3. The highest BCUT2D eigenvalue weighted by molar-refractivity contribution is 9.10. The van der Waals surface area contributed by atoms with E-state index >= 15 is 0 Å². The van der Waals surface area contributed by atoms with Crippen LogP contribution in [0.2, 0.25) is 0 Å². The summed E-state index contributed by atoms with van der Waals surface area (Å²) in [5.41, 5.74) is 1.74. The van der Waals surface area contributed by atoms with Crippen molar-refractivity contribution in [1.82, 2.24) is 10.2 Å². The average Bonchev–Trinajstić information content (AvgIpc) is 3.15. The summed E-state index contributed by atoms with van der Waals surface area (Å²) in [5, 5.41) is 13.1. The van der Waals surface area contributed by atoms with E-state index in [4.69, 9.17) is 9.47 Å². The van der Waals surface area contributed by atoms with Crippen LogP contribution in [0.1, 0.15) is 5.56 Å². The fourth-order valence-corrected chi connectivity index (χ4v) is 3.28. The van der Waals surface area contributed by atoms with Gasteiger partial charge in [0.1, 0.15) is 23.9 Å². The van der Waals surface area contributed by atoms with Gasteiger partial charge in [-0.05, 0) is 42.5 Å². The number of nitrogens with zero attached hydrogens (tertiary/aromatic N) is 1. The fourth-order valence-electron chi connectivity index (χ4n) is 2.95. The summed E-state index contributed by atoms with van der Waals surface area (Å²) in [7, 11) is 1.56. The maximum absolute atomic E-state index is 14.0. The molecule has 2 amide bonds. The van der Waals surface area contributed by atoms with E-state index < -0.39 is 6.03 Å². The summed E-state index contributed by atoms with van der Waals surface area (Å²) >= 11 is 3.23. The number of aromatic amines is 1. The minimum atomic E-state index is -0.454. The first-order valence-corrected chi connectivity index (χ1v) is 10.1. The van der Waals surface area contributed by atoms with Crippen molar-refractivity contribution in [2.24, 2.45) is 0 Å². The quantitative estimate of drug-likeness (QED) is 0.327. The second kappa shape index (κ2) is 9.05. The second-order valence-electron chi connectivity index (χ2n) is 6.62. The molecule has 4 rings (SSSR count). The largest absolute Gasteiger partial charge is 0.497 e. The minimum absolute atomic E-state index is 0.0710. The van der Waals surface area contributed by atoms with Gasteiger partial charge in [-0.1, -0.05) is 28.1 Å². The van der Waals surface area contributed by atoms with Gasteiger partial charge in [-0.3, -0.25) is 10.4 Å². The molecule has 0 bridgehead atoms. The summed E-state index contributed by atoms with van der Waals surface area (Å²) in [6, 6.07) is 16.6. The van der Waals surface area contributed by atoms with Gasteiger partial charge in [0.15, 0.2) is 5.82 Å². The van der Waals surface area contributed by atoms with E-state index in [1.807, 2.05) is 0 Å². The molecule has 0 aliphatic heterocycles. The van der Waals surface area contributed by atoms with E-state index in [9.17, 15) is 9.18 Å². The molecule has 0 aliphatic rings. The van der Waals surface area contributed by atoms with Crippen molar-refractivity contribution in [3.8, 4) is 11.5 Å². The number of halogens is 2. The van der Waals surface area contributed by atoms with Crippen molar-refractivity contribution in [3.63, 3.8) is 0 Å². The number of carbonyl (C=O) groups excluding carboxylic acids is 1. The van der Waals surface area contributed by atoms with E-state index in [-0.39, 0.29) is 12.4 Å². The molecule has 0 saturated carbocycles. The number of ether oxygens (including phenoxy) is 2. The molecule has 158 valence electrons. The number of rotatable bonds is 6. The van der Waals surface area contributed by atoms with Crippen molar-refractivity contribution in [1.29, 1.82) is 0 Å². The molecule has 0 atom stereocenters. The molecule has 0 unspecified atom stereocenters. The molecule has 4 aromatic rings. The Morgan fingerprint density at radius 1 is 1.10 bits per heavy atom. The van der Waals surface area contributed by atoms with Gasteiger partial charge in [-0.2, -0.15) is 5.10 Å². The number of anilines is 2. The van der Waals surface area contributed by atoms with E-state index in [0.717, 1.165) is 5.52 Å². The zero-order chi connectivity index (χ0) is 21.8. The van der Waals surface area contributed by atoms with Crippen molar-refractivity contribution in [3.05, 3.63) is 76.5 Å². The lowest BCUT2D eigenvalue weighted by atomic mass is 10.2. The number of methoxy groups -OCH3 is 1. The first-order valence-electron chi connectivity index (χ1n) is 9.29. The molecule has 0 spiro atoms. The predicted octanol–water partition coefficient (Wildman–Crippen LogP) is 5.70. The highest BCUT2D eigenvalue weighted by atomic mass is 79.9. The molecule has 0 radical (unpaired) electrons. The molecule has 1 aromatic heterocycles. The summed E-state index contributed by atoms with van der Waals surface area (Å²) in [6.45, 7) is 0.0710. The van der Waals surface area contributed by atoms with Gasteiger partial charge in [0.05, 0.1) is 12.6 Å². The third-order valence-electron chi connectivity index (χ3n) is 4.50. The van der Waals surface area contributed by atoms with Crippen LogP contribution < -0.4 is 20.1 Å². The van der Waals surface area contributed by atoms with Gasteiger partial charge in [0.2, 0.25) is 0 Å². The lowest BCUT2D eigenvalue weighted by Gasteiger charge is -2.09. The highest BCUT2D eigenvalue weighted by Crippen LogP contribution is 2.27. The van der Waals surface area contributed by atoms with Crippen molar-refractivity contribution >= 4 is 44.4 Å². The van der Waals surface area contributed by atoms with Gasteiger partial charge in [0.25, 0.3) is 0 Å². The predicted molar refractivity (Wildman–Crippen MR) is 120 cm³/mol. The van der Waals surface area contributed by atoms with E-state index in [1.54, 1.807) is 61.7 Å². The SMILES string of the molecule is COc1cccc(NC(=O)Nc2n[nH]c3ccc(OCc4ccc(Br)cc4F)cc23)c1. The Bertz CT molecular complexity index is 1240. The number of nitrogens with one attached hydrogen (secondary N) is 3. The Balaban J connectivity index is 1.46. The maximum Gasteiger partial charge on any atom is 0.324 e. The molecular formula is C22H18BrFN4O3. The number of benzene rings is 3. The number of urea groups is 1. The molecule has 0 aliphatic carbocycles. The van der Waals surface area contributed by atoms with Crippen molar-refractivity contribution in [2.45, 2.75) is 6.61 Å². The highest BCUT2D eigenvalue weighted by Gasteiger charge is 2.12. The molecule has 31 heavy (non-hydrogen) atoms. The fraction of sp³-hybridized carbons (Fsp3) is 0.0909. The van der Waals surface area contributed by atoms with Crippen LogP contribution in [0.4, 0.5) is 20.7 Å². The summed E-state index contributed by atoms with van der Waals surface area (Å²) in [5.74, 6) is 1.14. The monoisotopic (exact) mass is 484 g/mol. The van der Waals surface area contributed by atoms with Crippen LogP contribution in [0, 0.1) is 5.82 Å². The lowest BCUT2D eigenvalue weighted by Crippen LogP contribution is -2.19. The van der Waals surface area contributed by atoms with Crippen LogP contribution in [-0.2, 0) is 6.61 Å². The number of H-pyrrole nitrogens is 1. The number of hydrogen-bond acceptors (Lipinski definition) is 4. The first kappa shape index (κ1) is 20.7. The van der Waals surface area contributed by atoms with Gasteiger partial charge in [0, 0.05) is 27.2 Å². The van der Waals surface area contributed by atoms with Crippen molar-refractivity contribution < 1.29 is 18.7 Å². The zero-order valence-electron chi connectivity index (χ0n) is 16.4. The standard InChI is InChI=1S/C22H18BrFN4O3/c1-30-16-4-2-3-15(10-16)25-22(29)26-21-18-11-17(7-8-20(18)27-28-21)31-12-13-5-6-14(23)9-19(13)24/h2-11H,12H2,1H3,(H3,25,26,27,28,29). The van der Waals surface area contributed by atoms with Crippen LogP contribution in [0.15, 0.2) is 65.1 Å². The molecule has 1 heterocycles. The van der Waals surface area contributed by atoms with Gasteiger partial charge < -0.3 is 14.8 Å². The van der Waals surface area contributed by atoms with Crippen molar-refractivity contribution in [2.75, 3.05) is 17.7 Å². The van der Waals surface area contributed by atoms with Crippen LogP contribution in [0.25, 0.3) is 10.9 Å². The van der Waals surface area contributed by atoms with Crippen LogP contribution in [0.3, 0.4) is 0 Å². The van der Waals surface area contributed by atoms with E-state index in [1.165, 1.54) is 6.07 Å². The Morgan fingerprint density at radius 3 is 2.77 bits per heavy atom. The zero-order valence-corrected chi connectivity index (χ0v) is 18.0. The van der Waals surface area contributed by atoms with Gasteiger partial charge >= 0.3 is 6.03 Å². The van der Waals surface area contributed by atoms with Crippen LogP contribution in [0.5, 0.6) is 11.5 Å². The molecule has 9 heteroatoms. The Morgan fingerprint density at radius 2 is 1.97 bits per heavy atom. The molecule has 0 saturated heterocycles. The molecule has 0 fully saturated rings. The molecular weight excluding hydrogens is 467 g/mol. The van der Waals surface area contributed by atoms with Gasteiger partial charge in [-0.25, -0.2) is 9.18 Å². The maximum atomic E-state index is 14.0. The first-order chi connectivity index (χ1) is 15.0. The third-order valence-corrected chi connectivity index (χ3v) is 5.00. The summed E-state index contributed by atoms with van der Waals surface area (Å²) < 4.78 is 25.6. The Kier molecular flexibility index (Phi) is 6.03. The number of aromatic nitrogens is 2. The summed E-state index contributed by atoms with van der Waals surface area (Å²) in [6.07, 6.45) is 0. The smallest absolute Gasteiger partial charge is 0.324 e. The van der Waals surface area contributed by atoms with E-state index in [0.29, 0.717) is 38.4 Å². The number of amides is 2. The Hall–Kier alpha value is -3.59. The topological polar surface area (TPSA) is 88.3 Å². The Labute approximate surface area is 185 Å². The van der Waals surface area contributed by atoms with Crippen LogP contribution in [-0.4, -0.2) is 23.3 Å². The summed E-state index contributed by atoms with van der Waals surface area (Å²) in [4.78, 5) is 12.4. The third kappa shape index (κ3) is 4.95.